The standard InChI is InChI=1S/C16H21N3O3S/c1-12-15(20)18(10-9-17-7-2-3-8-17)16(23-12)13-5-4-6-14(11-13)19(21)22/h4-6,11-12,16H,2-3,7-10H2,1H3/t12-,16+/m0/s1. The second-order valence-electron chi connectivity index (χ2n) is 6.06. The summed E-state index contributed by atoms with van der Waals surface area (Å²) < 4.78 is 0. The van der Waals surface area contributed by atoms with Gasteiger partial charge in [-0.1, -0.05) is 12.1 Å². The van der Waals surface area contributed by atoms with Gasteiger partial charge in [-0.25, -0.2) is 0 Å². The molecule has 2 aliphatic rings. The molecule has 23 heavy (non-hydrogen) atoms. The number of rotatable bonds is 5. The number of hydrogen-bond donors (Lipinski definition) is 0. The van der Waals surface area contributed by atoms with Crippen molar-refractivity contribution in [2.75, 3.05) is 26.2 Å². The number of nitrogens with zero attached hydrogens (tertiary/aromatic N) is 3. The van der Waals surface area contributed by atoms with Gasteiger partial charge >= 0.3 is 0 Å². The zero-order chi connectivity index (χ0) is 16.4. The Morgan fingerprint density at radius 1 is 1.30 bits per heavy atom. The maximum absolute atomic E-state index is 12.5. The summed E-state index contributed by atoms with van der Waals surface area (Å²) in [5.74, 6) is 0.130. The fourth-order valence-electron chi connectivity index (χ4n) is 3.21. The van der Waals surface area contributed by atoms with Crippen LogP contribution in [0.25, 0.3) is 0 Å². The van der Waals surface area contributed by atoms with Gasteiger partial charge in [-0.2, -0.15) is 0 Å². The third-order valence-electron chi connectivity index (χ3n) is 4.47. The highest BCUT2D eigenvalue weighted by atomic mass is 32.2. The normalized spacial score (nSPS) is 25.3. The van der Waals surface area contributed by atoms with Crippen molar-refractivity contribution in [3.8, 4) is 0 Å². The predicted octanol–water partition coefficient (Wildman–Crippen LogP) is 2.65. The van der Waals surface area contributed by atoms with E-state index < -0.39 is 0 Å². The minimum absolute atomic E-state index is 0.0783. The van der Waals surface area contributed by atoms with Crippen molar-refractivity contribution in [2.45, 2.75) is 30.4 Å². The van der Waals surface area contributed by atoms with Crippen LogP contribution < -0.4 is 0 Å². The van der Waals surface area contributed by atoms with Crippen LogP contribution in [0.15, 0.2) is 24.3 Å². The number of benzene rings is 1. The van der Waals surface area contributed by atoms with E-state index in [4.69, 9.17) is 0 Å². The Morgan fingerprint density at radius 2 is 2.04 bits per heavy atom. The summed E-state index contributed by atoms with van der Waals surface area (Å²) in [7, 11) is 0. The van der Waals surface area contributed by atoms with Gasteiger partial charge in [0.2, 0.25) is 5.91 Å². The number of hydrogen-bond acceptors (Lipinski definition) is 5. The monoisotopic (exact) mass is 335 g/mol. The van der Waals surface area contributed by atoms with Gasteiger partial charge in [0.05, 0.1) is 10.2 Å². The van der Waals surface area contributed by atoms with Crippen LogP contribution in [-0.4, -0.2) is 52.1 Å². The fraction of sp³-hybridized carbons (Fsp3) is 0.562. The highest BCUT2D eigenvalue weighted by Crippen LogP contribution is 2.43. The number of nitro groups is 1. The van der Waals surface area contributed by atoms with Crippen LogP contribution in [0.2, 0.25) is 0 Å². The van der Waals surface area contributed by atoms with Crippen molar-refractivity contribution in [3.63, 3.8) is 0 Å². The van der Waals surface area contributed by atoms with Crippen molar-refractivity contribution in [1.82, 2.24) is 9.80 Å². The lowest BCUT2D eigenvalue weighted by Gasteiger charge is -2.26. The summed E-state index contributed by atoms with van der Waals surface area (Å²) in [5.41, 5.74) is 0.915. The molecule has 0 saturated carbocycles. The van der Waals surface area contributed by atoms with E-state index in [0.29, 0.717) is 6.54 Å². The van der Waals surface area contributed by atoms with Gasteiger partial charge in [0.25, 0.3) is 5.69 Å². The first-order chi connectivity index (χ1) is 11.1. The lowest BCUT2D eigenvalue weighted by atomic mass is 10.2. The average molecular weight is 335 g/mol. The highest BCUT2D eigenvalue weighted by Gasteiger charge is 2.38. The predicted molar refractivity (Wildman–Crippen MR) is 90.3 cm³/mol. The number of nitro benzene ring substituents is 1. The Morgan fingerprint density at radius 3 is 2.74 bits per heavy atom. The Hall–Kier alpha value is -1.60. The molecule has 7 heteroatoms. The molecule has 1 aromatic rings. The molecule has 0 bridgehead atoms. The van der Waals surface area contributed by atoms with E-state index in [-0.39, 0.29) is 27.1 Å². The molecule has 2 saturated heterocycles. The second-order valence-corrected chi connectivity index (χ2v) is 7.49. The van der Waals surface area contributed by atoms with Crippen molar-refractivity contribution in [3.05, 3.63) is 39.9 Å². The zero-order valence-electron chi connectivity index (χ0n) is 13.2. The van der Waals surface area contributed by atoms with Crippen LogP contribution >= 0.6 is 11.8 Å². The minimum Gasteiger partial charge on any atom is -0.324 e. The Balaban J connectivity index is 1.76. The van der Waals surface area contributed by atoms with E-state index in [2.05, 4.69) is 4.90 Å². The number of amides is 1. The fourth-order valence-corrected chi connectivity index (χ4v) is 4.51. The summed E-state index contributed by atoms with van der Waals surface area (Å²) in [6.45, 7) is 5.68. The molecule has 0 aromatic heterocycles. The van der Waals surface area contributed by atoms with Crippen LogP contribution in [0.5, 0.6) is 0 Å². The van der Waals surface area contributed by atoms with Crippen molar-refractivity contribution < 1.29 is 9.72 Å². The van der Waals surface area contributed by atoms with E-state index in [9.17, 15) is 14.9 Å². The van der Waals surface area contributed by atoms with E-state index in [1.165, 1.54) is 18.9 Å². The summed E-state index contributed by atoms with van der Waals surface area (Å²) in [6.07, 6.45) is 2.46. The highest BCUT2D eigenvalue weighted by molar-refractivity contribution is 8.01. The molecule has 6 nitrogen and oxygen atoms in total. The molecule has 3 rings (SSSR count). The van der Waals surface area contributed by atoms with E-state index >= 15 is 0 Å². The molecule has 124 valence electrons. The molecule has 0 N–H and O–H groups in total. The van der Waals surface area contributed by atoms with Crippen LogP contribution in [0.4, 0.5) is 5.69 Å². The van der Waals surface area contributed by atoms with Crippen LogP contribution in [-0.2, 0) is 4.79 Å². The number of carbonyl (C=O) groups excluding carboxylic acids is 1. The molecule has 1 aromatic carbocycles. The second kappa shape index (κ2) is 6.88. The van der Waals surface area contributed by atoms with Gasteiger partial charge in [-0.3, -0.25) is 14.9 Å². The summed E-state index contributed by atoms with van der Waals surface area (Å²) >= 11 is 1.57. The van der Waals surface area contributed by atoms with Crippen LogP contribution in [0, 0.1) is 10.1 Å². The Bertz CT molecular complexity index is 604. The summed E-state index contributed by atoms with van der Waals surface area (Å²) in [5, 5.41) is 10.8. The van der Waals surface area contributed by atoms with Crippen molar-refractivity contribution >= 4 is 23.4 Å². The smallest absolute Gasteiger partial charge is 0.269 e. The van der Waals surface area contributed by atoms with E-state index in [0.717, 1.165) is 25.2 Å². The molecule has 0 unspecified atom stereocenters. The molecular formula is C16H21N3O3S. The quantitative estimate of drug-likeness (QED) is 0.611. The van der Waals surface area contributed by atoms with Gasteiger partial charge in [0.1, 0.15) is 5.37 Å². The summed E-state index contributed by atoms with van der Waals surface area (Å²) in [4.78, 5) is 27.3. The number of carbonyl (C=O) groups is 1. The van der Waals surface area contributed by atoms with E-state index in [1.807, 2.05) is 17.9 Å². The van der Waals surface area contributed by atoms with Gasteiger partial charge in [0, 0.05) is 25.2 Å². The van der Waals surface area contributed by atoms with Gasteiger partial charge in [-0.15, -0.1) is 11.8 Å². The topological polar surface area (TPSA) is 66.7 Å². The average Bonchev–Trinajstić information content (AvgIpc) is 3.15. The third-order valence-corrected chi connectivity index (χ3v) is 5.86. The first kappa shape index (κ1) is 16.3. The molecule has 2 atom stereocenters. The number of thioether (sulfide) groups is 1. The molecule has 1 amide bonds. The molecule has 2 heterocycles. The molecule has 0 aliphatic carbocycles. The van der Waals surface area contributed by atoms with Gasteiger partial charge < -0.3 is 9.80 Å². The van der Waals surface area contributed by atoms with E-state index in [1.54, 1.807) is 23.9 Å². The lowest BCUT2D eigenvalue weighted by Crippen LogP contribution is -2.37. The minimum atomic E-state index is -0.386. The lowest BCUT2D eigenvalue weighted by molar-refractivity contribution is -0.384. The molecule has 0 radical (unpaired) electrons. The van der Waals surface area contributed by atoms with Gasteiger partial charge in [-0.05, 0) is 38.4 Å². The zero-order valence-corrected chi connectivity index (χ0v) is 14.0. The summed E-state index contributed by atoms with van der Waals surface area (Å²) in [6, 6.07) is 6.65. The third kappa shape index (κ3) is 3.50. The van der Waals surface area contributed by atoms with Gasteiger partial charge in [0.15, 0.2) is 0 Å². The first-order valence-electron chi connectivity index (χ1n) is 7.99. The first-order valence-corrected chi connectivity index (χ1v) is 8.93. The van der Waals surface area contributed by atoms with Crippen molar-refractivity contribution in [2.24, 2.45) is 0 Å². The molecule has 2 aliphatic heterocycles. The molecule has 2 fully saturated rings. The largest absolute Gasteiger partial charge is 0.324 e. The molecular weight excluding hydrogens is 314 g/mol. The molecule has 0 spiro atoms. The van der Waals surface area contributed by atoms with Crippen molar-refractivity contribution in [1.29, 1.82) is 0 Å². The maximum Gasteiger partial charge on any atom is 0.269 e. The van der Waals surface area contributed by atoms with Crippen LogP contribution in [0.3, 0.4) is 0 Å². The Labute approximate surface area is 140 Å². The SMILES string of the molecule is C[C@@H]1S[C@H](c2cccc([N+](=O)[O-])c2)N(CCN2CCCC2)C1=O. The number of non-ortho nitro benzene ring substituents is 1. The number of likely N-dealkylation sites (tertiary alicyclic amines) is 1. The Kier molecular flexibility index (Phi) is 4.87. The van der Waals surface area contributed by atoms with Crippen LogP contribution in [0.1, 0.15) is 30.7 Å². The maximum atomic E-state index is 12.5.